The van der Waals surface area contributed by atoms with Gasteiger partial charge in [0.15, 0.2) is 0 Å². The Morgan fingerprint density at radius 3 is 2.58 bits per heavy atom. The van der Waals surface area contributed by atoms with Crippen molar-refractivity contribution in [3.8, 4) is 0 Å². The van der Waals surface area contributed by atoms with Crippen molar-refractivity contribution in [3.63, 3.8) is 0 Å². The number of hydrogen-bond donors (Lipinski definition) is 0. The molecule has 108 valence electrons. The van der Waals surface area contributed by atoms with Gasteiger partial charge in [0.05, 0.1) is 0 Å². The Morgan fingerprint density at radius 1 is 1.42 bits per heavy atom. The number of rotatable bonds is 3. The van der Waals surface area contributed by atoms with Crippen LogP contribution < -0.4 is 0 Å². The lowest BCUT2D eigenvalue weighted by atomic mass is 9.98. The van der Waals surface area contributed by atoms with Crippen LogP contribution in [-0.4, -0.2) is 24.5 Å². The standard InChI is InChI=1S/C14H23N.C4H8/c1-3-13-8-9-15(10-13)11-14-6-4-12(2)5-7-14;1-4(2)3/h4,6-7,12-13H,3,5,8-11H2,1-2H3;1H2,2-3H3. The van der Waals surface area contributed by atoms with Gasteiger partial charge in [0.25, 0.3) is 0 Å². The molecule has 1 heteroatoms. The molecule has 2 rings (SSSR count). The van der Waals surface area contributed by atoms with Crippen molar-refractivity contribution in [1.29, 1.82) is 0 Å². The summed E-state index contributed by atoms with van der Waals surface area (Å²) in [6.45, 7) is 15.9. The molecule has 1 heterocycles. The van der Waals surface area contributed by atoms with Crippen molar-refractivity contribution in [2.45, 2.75) is 47.0 Å². The van der Waals surface area contributed by atoms with Crippen molar-refractivity contribution in [2.75, 3.05) is 19.6 Å². The summed E-state index contributed by atoms with van der Waals surface area (Å²) < 4.78 is 0. The lowest BCUT2D eigenvalue weighted by Gasteiger charge is -2.19. The van der Waals surface area contributed by atoms with E-state index in [0.29, 0.717) is 0 Å². The van der Waals surface area contributed by atoms with Gasteiger partial charge in [-0.05, 0) is 50.6 Å². The Bertz CT molecular complexity index is 334. The van der Waals surface area contributed by atoms with E-state index < -0.39 is 0 Å². The zero-order valence-electron chi connectivity index (χ0n) is 13.3. The first-order valence-electron chi connectivity index (χ1n) is 7.73. The van der Waals surface area contributed by atoms with Gasteiger partial charge in [-0.3, -0.25) is 4.90 Å². The highest BCUT2D eigenvalue weighted by Gasteiger charge is 2.21. The Kier molecular flexibility index (Phi) is 7.15. The van der Waals surface area contributed by atoms with E-state index in [2.05, 4.69) is 43.6 Å². The van der Waals surface area contributed by atoms with Gasteiger partial charge >= 0.3 is 0 Å². The van der Waals surface area contributed by atoms with Crippen LogP contribution in [0.1, 0.15) is 47.0 Å². The molecule has 1 saturated heterocycles. The third kappa shape index (κ3) is 6.77. The van der Waals surface area contributed by atoms with E-state index in [9.17, 15) is 0 Å². The molecular formula is C18H31N. The molecule has 0 N–H and O–H groups in total. The van der Waals surface area contributed by atoms with Gasteiger partial charge in [0.2, 0.25) is 0 Å². The van der Waals surface area contributed by atoms with Crippen LogP contribution in [0.4, 0.5) is 0 Å². The van der Waals surface area contributed by atoms with E-state index >= 15 is 0 Å². The fraction of sp³-hybridized carbons (Fsp3) is 0.667. The summed E-state index contributed by atoms with van der Waals surface area (Å²) in [5, 5.41) is 0. The lowest BCUT2D eigenvalue weighted by Crippen LogP contribution is -2.23. The average Bonchev–Trinajstić information content (AvgIpc) is 2.79. The smallest absolute Gasteiger partial charge is 0.0230 e. The van der Waals surface area contributed by atoms with Gasteiger partial charge in [-0.15, -0.1) is 6.58 Å². The van der Waals surface area contributed by atoms with Gasteiger partial charge in [-0.25, -0.2) is 0 Å². The monoisotopic (exact) mass is 261 g/mol. The second-order valence-electron chi connectivity index (χ2n) is 6.36. The van der Waals surface area contributed by atoms with Gasteiger partial charge in [0.1, 0.15) is 0 Å². The van der Waals surface area contributed by atoms with Crippen molar-refractivity contribution < 1.29 is 0 Å². The summed E-state index contributed by atoms with van der Waals surface area (Å²) in [4.78, 5) is 2.61. The van der Waals surface area contributed by atoms with Crippen LogP contribution in [-0.2, 0) is 0 Å². The maximum absolute atomic E-state index is 3.56. The Balaban J connectivity index is 0.000000399. The summed E-state index contributed by atoms with van der Waals surface area (Å²) >= 11 is 0. The molecule has 1 nitrogen and oxygen atoms in total. The molecule has 0 radical (unpaired) electrons. The van der Waals surface area contributed by atoms with Crippen LogP contribution in [0.2, 0.25) is 0 Å². The van der Waals surface area contributed by atoms with Crippen molar-refractivity contribution >= 4 is 0 Å². The number of likely N-dealkylation sites (tertiary alicyclic amines) is 1. The SMILES string of the molecule is C=C(C)C.CCC1CCN(CC2=CCC(C)C=C2)C1. The molecule has 0 aromatic heterocycles. The molecule has 2 unspecified atom stereocenters. The minimum atomic E-state index is 0.746. The molecule has 1 aliphatic carbocycles. The van der Waals surface area contributed by atoms with Crippen LogP contribution in [0, 0.1) is 11.8 Å². The summed E-state index contributed by atoms with van der Waals surface area (Å²) in [6.07, 6.45) is 11.1. The van der Waals surface area contributed by atoms with E-state index in [1.165, 1.54) is 50.0 Å². The van der Waals surface area contributed by atoms with Crippen LogP contribution in [0.15, 0.2) is 36.0 Å². The predicted octanol–water partition coefficient (Wildman–Crippen LogP) is 4.82. The molecule has 0 aromatic carbocycles. The maximum Gasteiger partial charge on any atom is 0.0230 e. The highest BCUT2D eigenvalue weighted by molar-refractivity contribution is 5.24. The molecule has 0 aromatic rings. The molecule has 2 aliphatic rings. The van der Waals surface area contributed by atoms with E-state index in [0.717, 1.165) is 11.8 Å². The molecule has 1 fully saturated rings. The topological polar surface area (TPSA) is 3.24 Å². The first kappa shape index (κ1) is 16.2. The third-order valence-electron chi connectivity index (χ3n) is 3.74. The number of hydrogen-bond acceptors (Lipinski definition) is 1. The normalized spacial score (nSPS) is 26.6. The molecule has 2 atom stereocenters. The van der Waals surface area contributed by atoms with E-state index in [-0.39, 0.29) is 0 Å². The molecule has 0 spiro atoms. The first-order chi connectivity index (χ1) is 9.01. The number of allylic oxidation sites excluding steroid dienone is 3. The largest absolute Gasteiger partial charge is 0.299 e. The zero-order chi connectivity index (χ0) is 14.3. The summed E-state index contributed by atoms with van der Waals surface area (Å²) in [5.41, 5.74) is 2.70. The van der Waals surface area contributed by atoms with E-state index in [4.69, 9.17) is 0 Å². The second-order valence-corrected chi connectivity index (χ2v) is 6.36. The molecule has 0 amide bonds. The Labute approximate surface area is 120 Å². The second kappa shape index (κ2) is 8.37. The fourth-order valence-corrected chi connectivity index (χ4v) is 2.54. The van der Waals surface area contributed by atoms with Gasteiger partial charge in [0, 0.05) is 13.1 Å². The van der Waals surface area contributed by atoms with Crippen LogP contribution >= 0.6 is 0 Å². The van der Waals surface area contributed by atoms with Crippen LogP contribution in [0.3, 0.4) is 0 Å². The minimum absolute atomic E-state index is 0.746. The van der Waals surface area contributed by atoms with Crippen molar-refractivity contribution in [1.82, 2.24) is 4.90 Å². The molecule has 0 saturated carbocycles. The molecule has 0 bridgehead atoms. The highest BCUT2D eigenvalue weighted by atomic mass is 15.1. The Morgan fingerprint density at radius 2 is 2.11 bits per heavy atom. The summed E-state index contributed by atoms with van der Waals surface area (Å²) in [6, 6.07) is 0. The van der Waals surface area contributed by atoms with Crippen LogP contribution in [0.5, 0.6) is 0 Å². The molecular weight excluding hydrogens is 230 g/mol. The Hall–Kier alpha value is -0.820. The fourth-order valence-electron chi connectivity index (χ4n) is 2.54. The van der Waals surface area contributed by atoms with Crippen LogP contribution in [0.25, 0.3) is 0 Å². The highest BCUT2D eigenvalue weighted by Crippen LogP contribution is 2.22. The lowest BCUT2D eigenvalue weighted by molar-refractivity contribution is 0.350. The maximum atomic E-state index is 3.56. The van der Waals surface area contributed by atoms with Gasteiger partial charge in [-0.2, -0.15) is 0 Å². The van der Waals surface area contributed by atoms with Gasteiger partial charge < -0.3 is 0 Å². The van der Waals surface area contributed by atoms with Crippen molar-refractivity contribution in [2.24, 2.45) is 11.8 Å². The average molecular weight is 261 g/mol. The molecule has 1 aliphatic heterocycles. The van der Waals surface area contributed by atoms with E-state index in [1.54, 1.807) is 0 Å². The molecule has 19 heavy (non-hydrogen) atoms. The quantitative estimate of drug-likeness (QED) is 0.658. The first-order valence-corrected chi connectivity index (χ1v) is 7.73. The number of nitrogens with zero attached hydrogens (tertiary/aromatic N) is 1. The van der Waals surface area contributed by atoms with Crippen molar-refractivity contribution in [3.05, 3.63) is 36.0 Å². The van der Waals surface area contributed by atoms with E-state index in [1.807, 2.05) is 13.8 Å². The third-order valence-corrected chi connectivity index (χ3v) is 3.74. The predicted molar refractivity (Wildman–Crippen MR) is 86.3 cm³/mol. The minimum Gasteiger partial charge on any atom is -0.299 e. The zero-order valence-corrected chi connectivity index (χ0v) is 13.3. The van der Waals surface area contributed by atoms with Gasteiger partial charge in [-0.1, -0.05) is 44.1 Å². The summed E-state index contributed by atoms with van der Waals surface area (Å²) in [5.74, 6) is 1.70. The summed E-state index contributed by atoms with van der Waals surface area (Å²) in [7, 11) is 0.